The van der Waals surface area contributed by atoms with E-state index in [2.05, 4.69) is 15.2 Å². The monoisotopic (exact) mass is 320 g/mol. The van der Waals surface area contributed by atoms with Crippen LogP contribution in [0.5, 0.6) is 5.75 Å². The molecular formula is C15H11F3N4O. The molecular weight excluding hydrogens is 309 g/mol. The Bertz CT molecular complexity index is 882. The summed E-state index contributed by atoms with van der Waals surface area (Å²) in [6, 6.07) is 8.23. The SMILES string of the molecule is Cc1nc2ccc(C(F)(F)F)cn2c1N=Nc1ccc(O)cc1. The Labute approximate surface area is 128 Å². The van der Waals surface area contributed by atoms with E-state index in [0.29, 0.717) is 17.0 Å². The minimum atomic E-state index is -4.45. The summed E-state index contributed by atoms with van der Waals surface area (Å²) in [6.45, 7) is 1.64. The van der Waals surface area contributed by atoms with E-state index in [9.17, 15) is 18.3 Å². The normalized spacial score (nSPS) is 12.3. The lowest BCUT2D eigenvalue weighted by Crippen LogP contribution is -2.06. The van der Waals surface area contributed by atoms with Crippen LogP contribution in [-0.2, 0) is 6.18 Å². The van der Waals surface area contributed by atoms with Crippen molar-refractivity contribution < 1.29 is 18.3 Å². The molecule has 0 bridgehead atoms. The topological polar surface area (TPSA) is 62.2 Å². The van der Waals surface area contributed by atoms with Crippen molar-refractivity contribution in [3.63, 3.8) is 0 Å². The highest BCUT2D eigenvalue weighted by molar-refractivity contribution is 5.53. The summed E-state index contributed by atoms with van der Waals surface area (Å²) in [4.78, 5) is 4.16. The Morgan fingerprint density at radius 3 is 2.39 bits per heavy atom. The second kappa shape index (κ2) is 5.38. The van der Waals surface area contributed by atoms with Gasteiger partial charge in [-0.3, -0.25) is 4.40 Å². The number of nitrogens with zero attached hydrogens (tertiary/aromatic N) is 4. The Morgan fingerprint density at radius 2 is 1.74 bits per heavy atom. The number of phenols is 1. The molecule has 1 N–H and O–H groups in total. The molecule has 3 aromatic rings. The molecule has 1 aromatic carbocycles. The Balaban J connectivity index is 2.05. The van der Waals surface area contributed by atoms with Crippen LogP contribution in [0, 0.1) is 6.92 Å². The third kappa shape index (κ3) is 3.01. The summed E-state index contributed by atoms with van der Waals surface area (Å²) < 4.78 is 39.7. The summed E-state index contributed by atoms with van der Waals surface area (Å²) in [5.74, 6) is 0.309. The number of hydrogen-bond donors (Lipinski definition) is 1. The van der Waals surface area contributed by atoms with Gasteiger partial charge in [0.05, 0.1) is 16.9 Å². The Morgan fingerprint density at radius 1 is 1.04 bits per heavy atom. The van der Waals surface area contributed by atoms with Crippen molar-refractivity contribution in [1.29, 1.82) is 0 Å². The standard InChI is InChI=1S/C15H11F3N4O/c1-9-14(21-20-11-3-5-12(23)6-4-11)22-8-10(15(16,17)18)2-7-13(22)19-9/h2-8,23H,1H3. The van der Waals surface area contributed by atoms with Gasteiger partial charge in [0.25, 0.3) is 0 Å². The summed E-state index contributed by atoms with van der Waals surface area (Å²) in [5.41, 5.74) is 0.495. The maximum Gasteiger partial charge on any atom is 0.417 e. The van der Waals surface area contributed by atoms with Crippen molar-refractivity contribution >= 4 is 17.2 Å². The molecule has 0 saturated heterocycles. The van der Waals surface area contributed by atoms with E-state index in [1.54, 1.807) is 19.1 Å². The number of aromatic nitrogens is 2. The summed E-state index contributed by atoms with van der Waals surface area (Å²) in [5, 5.41) is 17.2. The smallest absolute Gasteiger partial charge is 0.417 e. The first-order valence-electron chi connectivity index (χ1n) is 6.61. The van der Waals surface area contributed by atoms with Gasteiger partial charge in [0.2, 0.25) is 0 Å². The number of fused-ring (bicyclic) bond motifs is 1. The van der Waals surface area contributed by atoms with Crippen LogP contribution < -0.4 is 0 Å². The van der Waals surface area contributed by atoms with Gasteiger partial charge in [0, 0.05) is 6.20 Å². The van der Waals surface area contributed by atoms with Crippen molar-refractivity contribution in [2.24, 2.45) is 10.2 Å². The first kappa shape index (κ1) is 15.0. The van der Waals surface area contributed by atoms with Gasteiger partial charge in [0.15, 0.2) is 5.82 Å². The molecule has 0 aliphatic heterocycles. The highest BCUT2D eigenvalue weighted by Crippen LogP contribution is 2.31. The van der Waals surface area contributed by atoms with Crippen LogP contribution in [0.25, 0.3) is 5.65 Å². The maximum atomic E-state index is 12.8. The predicted octanol–water partition coefficient (Wildman–Crippen LogP) is 4.78. The lowest BCUT2D eigenvalue weighted by atomic mass is 10.3. The van der Waals surface area contributed by atoms with Crippen LogP contribution >= 0.6 is 0 Å². The fraction of sp³-hybridized carbons (Fsp3) is 0.133. The van der Waals surface area contributed by atoms with E-state index in [0.717, 1.165) is 12.3 Å². The molecule has 8 heteroatoms. The minimum Gasteiger partial charge on any atom is -0.508 e. The number of hydrogen-bond acceptors (Lipinski definition) is 4. The zero-order chi connectivity index (χ0) is 16.6. The van der Waals surface area contributed by atoms with Gasteiger partial charge in [-0.25, -0.2) is 4.98 Å². The van der Waals surface area contributed by atoms with E-state index < -0.39 is 11.7 Å². The highest BCUT2D eigenvalue weighted by Gasteiger charge is 2.31. The molecule has 2 heterocycles. The van der Waals surface area contributed by atoms with Gasteiger partial charge >= 0.3 is 6.18 Å². The van der Waals surface area contributed by atoms with Crippen molar-refractivity contribution in [2.45, 2.75) is 13.1 Å². The largest absolute Gasteiger partial charge is 0.508 e. The van der Waals surface area contributed by atoms with Gasteiger partial charge in [-0.2, -0.15) is 13.2 Å². The number of benzene rings is 1. The van der Waals surface area contributed by atoms with Crippen molar-refractivity contribution in [2.75, 3.05) is 0 Å². The number of rotatable bonds is 2. The Hall–Kier alpha value is -2.90. The molecule has 0 aliphatic rings. The van der Waals surface area contributed by atoms with Crippen LogP contribution in [0.1, 0.15) is 11.3 Å². The summed E-state index contributed by atoms with van der Waals surface area (Å²) in [6.07, 6.45) is -3.50. The lowest BCUT2D eigenvalue weighted by molar-refractivity contribution is -0.137. The molecule has 0 saturated carbocycles. The van der Waals surface area contributed by atoms with E-state index in [1.807, 2.05) is 0 Å². The average molecular weight is 320 g/mol. The van der Waals surface area contributed by atoms with Crippen LogP contribution in [0.15, 0.2) is 52.8 Å². The second-order valence-corrected chi connectivity index (χ2v) is 4.88. The van der Waals surface area contributed by atoms with Crippen molar-refractivity contribution in [3.05, 3.63) is 53.9 Å². The van der Waals surface area contributed by atoms with E-state index in [4.69, 9.17) is 0 Å². The van der Waals surface area contributed by atoms with Gasteiger partial charge in [-0.1, -0.05) is 0 Å². The van der Waals surface area contributed by atoms with E-state index in [1.165, 1.54) is 22.6 Å². The minimum absolute atomic E-state index is 0.0877. The number of phenolic OH excluding ortho intramolecular Hbond substituents is 1. The highest BCUT2D eigenvalue weighted by atomic mass is 19.4. The number of pyridine rings is 1. The van der Waals surface area contributed by atoms with E-state index >= 15 is 0 Å². The fourth-order valence-electron chi connectivity index (χ4n) is 2.06. The molecule has 118 valence electrons. The molecule has 0 unspecified atom stereocenters. The summed E-state index contributed by atoms with van der Waals surface area (Å²) in [7, 11) is 0. The molecule has 0 aliphatic carbocycles. The van der Waals surface area contributed by atoms with Crippen molar-refractivity contribution in [1.82, 2.24) is 9.38 Å². The van der Waals surface area contributed by atoms with Crippen LogP contribution in [0.4, 0.5) is 24.7 Å². The number of imidazole rings is 1. The molecule has 5 nitrogen and oxygen atoms in total. The molecule has 0 radical (unpaired) electrons. The molecule has 0 atom stereocenters. The molecule has 0 fully saturated rings. The molecule has 23 heavy (non-hydrogen) atoms. The second-order valence-electron chi connectivity index (χ2n) is 4.88. The quantitative estimate of drug-likeness (QED) is 0.691. The van der Waals surface area contributed by atoms with Gasteiger partial charge in [-0.15, -0.1) is 10.2 Å². The van der Waals surface area contributed by atoms with Crippen molar-refractivity contribution in [3.8, 4) is 5.75 Å². The molecule has 0 spiro atoms. The Kier molecular flexibility index (Phi) is 3.51. The fourth-order valence-corrected chi connectivity index (χ4v) is 2.06. The summed E-state index contributed by atoms with van der Waals surface area (Å²) >= 11 is 0. The first-order valence-corrected chi connectivity index (χ1v) is 6.61. The molecule has 0 amide bonds. The van der Waals surface area contributed by atoms with Gasteiger partial charge in [0.1, 0.15) is 11.4 Å². The predicted molar refractivity (Wildman–Crippen MR) is 77.2 cm³/mol. The zero-order valence-corrected chi connectivity index (χ0v) is 11.9. The van der Waals surface area contributed by atoms with Crippen LogP contribution in [-0.4, -0.2) is 14.5 Å². The average Bonchev–Trinajstić information content (AvgIpc) is 2.80. The number of halogens is 3. The van der Waals surface area contributed by atoms with Crippen LogP contribution in [0.3, 0.4) is 0 Å². The lowest BCUT2D eigenvalue weighted by Gasteiger charge is -2.06. The third-order valence-corrected chi connectivity index (χ3v) is 3.20. The number of alkyl halides is 3. The molecule has 3 rings (SSSR count). The van der Waals surface area contributed by atoms with Gasteiger partial charge in [-0.05, 0) is 43.3 Å². The zero-order valence-electron chi connectivity index (χ0n) is 11.9. The maximum absolute atomic E-state index is 12.8. The number of aromatic hydroxyl groups is 1. The van der Waals surface area contributed by atoms with Crippen LogP contribution in [0.2, 0.25) is 0 Å². The molecule has 2 aromatic heterocycles. The van der Waals surface area contributed by atoms with Gasteiger partial charge < -0.3 is 5.11 Å². The van der Waals surface area contributed by atoms with E-state index in [-0.39, 0.29) is 11.6 Å². The third-order valence-electron chi connectivity index (χ3n) is 3.20. The first-order chi connectivity index (χ1) is 10.8. The number of aryl methyl sites for hydroxylation is 1. The number of azo groups is 1.